The molecule has 1 aliphatic carbocycles. The monoisotopic (exact) mass is 315 g/mol. The first-order valence-electron chi connectivity index (χ1n) is 8.21. The van der Waals surface area contributed by atoms with Gasteiger partial charge in [0.25, 0.3) is 0 Å². The van der Waals surface area contributed by atoms with Gasteiger partial charge in [-0.3, -0.25) is 4.68 Å². The van der Waals surface area contributed by atoms with Crippen molar-refractivity contribution in [3.8, 4) is 17.6 Å². The van der Waals surface area contributed by atoms with E-state index in [0.29, 0.717) is 17.9 Å². The van der Waals surface area contributed by atoms with Crippen LogP contribution < -0.4 is 0 Å². The molecule has 0 amide bonds. The van der Waals surface area contributed by atoms with E-state index in [4.69, 9.17) is 5.10 Å². The summed E-state index contributed by atoms with van der Waals surface area (Å²) in [4.78, 5) is 8.74. The number of fused-ring (bicyclic) bond motifs is 1. The lowest BCUT2D eigenvalue weighted by atomic mass is 9.95. The maximum atomic E-state index is 9.32. The third-order valence-corrected chi connectivity index (χ3v) is 4.49. The lowest BCUT2D eigenvalue weighted by Crippen LogP contribution is -2.11. The SMILES string of the molecule is N#Cc1ccccc1Cn1nc(-c2ncccn2)c2c1CCCC2. The molecule has 2 heterocycles. The average molecular weight is 315 g/mol. The second kappa shape index (κ2) is 6.25. The lowest BCUT2D eigenvalue weighted by Gasteiger charge is -2.14. The van der Waals surface area contributed by atoms with Crippen molar-refractivity contribution < 1.29 is 0 Å². The minimum atomic E-state index is 0.610. The minimum Gasteiger partial charge on any atom is -0.264 e. The maximum Gasteiger partial charge on any atom is 0.180 e. The van der Waals surface area contributed by atoms with Crippen molar-refractivity contribution in [3.63, 3.8) is 0 Å². The predicted octanol–water partition coefficient (Wildman–Crippen LogP) is 3.14. The summed E-state index contributed by atoms with van der Waals surface area (Å²) in [5.74, 6) is 0.683. The van der Waals surface area contributed by atoms with Crippen LogP contribution in [-0.4, -0.2) is 19.7 Å². The predicted molar refractivity (Wildman–Crippen MR) is 90.2 cm³/mol. The van der Waals surface area contributed by atoms with Gasteiger partial charge in [-0.1, -0.05) is 18.2 Å². The Morgan fingerprint density at radius 2 is 1.83 bits per heavy atom. The summed E-state index contributed by atoms with van der Waals surface area (Å²) in [6.07, 6.45) is 7.89. The summed E-state index contributed by atoms with van der Waals surface area (Å²) in [5.41, 5.74) is 5.12. The fourth-order valence-corrected chi connectivity index (χ4v) is 3.33. The first kappa shape index (κ1) is 14.6. The summed E-state index contributed by atoms with van der Waals surface area (Å²) in [5, 5.41) is 14.1. The molecule has 0 fully saturated rings. The molecule has 5 heteroatoms. The Bertz CT molecular complexity index is 905. The van der Waals surface area contributed by atoms with Crippen molar-refractivity contribution in [2.75, 3.05) is 0 Å². The first-order valence-corrected chi connectivity index (χ1v) is 8.21. The van der Waals surface area contributed by atoms with E-state index < -0.39 is 0 Å². The van der Waals surface area contributed by atoms with Gasteiger partial charge in [0.05, 0.1) is 18.2 Å². The fourth-order valence-electron chi connectivity index (χ4n) is 3.33. The van der Waals surface area contributed by atoms with Gasteiger partial charge in [0.15, 0.2) is 5.82 Å². The van der Waals surface area contributed by atoms with Gasteiger partial charge in [-0.05, 0) is 43.4 Å². The van der Waals surface area contributed by atoms with Crippen LogP contribution in [-0.2, 0) is 19.4 Å². The highest BCUT2D eigenvalue weighted by atomic mass is 15.3. The molecular formula is C19H17N5. The Balaban J connectivity index is 1.79. The topological polar surface area (TPSA) is 67.4 Å². The van der Waals surface area contributed by atoms with Gasteiger partial charge in [-0.2, -0.15) is 10.4 Å². The van der Waals surface area contributed by atoms with E-state index in [9.17, 15) is 5.26 Å². The number of benzene rings is 1. The molecule has 3 aromatic rings. The highest BCUT2D eigenvalue weighted by Crippen LogP contribution is 2.30. The molecular weight excluding hydrogens is 298 g/mol. The second-order valence-electron chi connectivity index (χ2n) is 5.98. The number of rotatable bonds is 3. The molecule has 0 saturated carbocycles. The summed E-state index contributed by atoms with van der Waals surface area (Å²) >= 11 is 0. The molecule has 0 bridgehead atoms. The normalized spacial score (nSPS) is 13.3. The van der Waals surface area contributed by atoms with Crippen LogP contribution in [0.25, 0.3) is 11.5 Å². The fraction of sp³-hybridized carbons (Fsp3) is 0.263. The molecule has 0 unspecified atom stereocenters. The zero-order chi connectivity index (χ0) is 16.4. The average Bonchev–Trinajstić information content (AvgIpc) is 3.02. The first-order chi connectivity index (χ1) is 11.9. The summed E-state index contributed by atoms with van der Waals surface area (Å²) in [7, 11) is 0. The van der Waals surface area contributed by atoms with E-state index in [-0.39, 0.29) is 0 Å². The van der Waals surface area contributed by atoms with Crippen molar-refractivity contribution >= 4 is 0 Å². The van der Waals surface area contributed by atoms with Crippen LogP contribution in [0.2, 0.25) is 0 Å². The van der Waals surface area contributed by atoms with Gasteiger partial charge in [-0.25, -0.2) is 9.97 Å². The van der Waals surface area contributed by atoms with Gasteiger partial charge in [0.1, 0.15) is 5.69 Å². The molecule has 0 saturated heterocycles. The third-order valence-electron chi connectivity index (χ3n) is 4.49. The van der Waals surface area contributed by atoms with Crippen molar-refractivity contribution in [2.24, 2.45) is 0 Å². The number of nitrogens with zero attached hydrogens (tertiary/aromatic N) is 5. The standard InChI is InChI=1S/C19H17N5/c20-12-14-6-1-2-7-15(14)13-24-17-9-4-3-8-16(17)18(23-24)19-21-10-5-11-22-19/h1-2,5-7,10-11H,3-4,8-9,13H2. The van der Waals surface area contributed by atoms with Crippen molar-refractivity contribution in [2.45, 2.75) is 32.2 Å². The van der Waals surface area contributed by atoms with Crippen LogP contribution >= 0.6 is 0 Å². The molecule has 2 aromatic heterocycles. The number of aromatic nitrogens is 4. The number of hydrogen-bond donors (Lipinski definition) is 0. The Labute approximate surface area is 140 Å². The summed E-state index contributed by atoms with van der Waals surface area (Å²) < 4.78 is 2.04. The molecule has 4 rings (SSSR count). The van der Waals surface area contributed by atoms with Gasteiger partial charge < -0.3 is 0 Å². The number of hydrogen-bond acceptors (Lipinski definition) is 4. The van der Waals surface area contributed by atoms with Crippen LogP contribution in [0.5, 0.6) is 0 Å². The van der Waals surface area contributed by atoms with E-state index in [0.717, 1.165) is 24.1 Å². The largest absolute Gasteiger partial charge is 0.264 e. The molecule has 1 aromatic carbocycles. The molecule has 0 radical (unpaired) electrons. The second-order valence-corrected chi connectivity index (χ2v) is 5.98. The molecule has 1 aliphatic rings. The van der Waals surface area contributed by atoms with Crippen LogP contribution in [0.15, 0.2) is 42.7 Å². The molecule has 24 heavy (non-hydrogen) atoms. The zero-order valence-electron chi connectivity index (χ0n) is 13.3. The Morgan fingerprint density at radius 3 is 2.67 bits per heavy atom. The van der Waals surface area contributed by atoms with Crippen LogP contribution in [0.4, 0.5) is 0 Å². The van der Waals surface area contributed by atoms with E-state index in [1.807, 2.05) is 35.0 Å². The third kappa shape index (κ3) is 2.56. The van der Waals surface area contributed by atoms with Gasteiger partial charge >= 0.3 is 0 Å². The molecule has 0 spiro atoms. The van der Waals surface area contributed by atoms with E-state index in [1.165, 1.54) is 24.1 Å². The molecule has 118 valence electrons. The zero-order valence-corrected chi connectivity index (χ0v) is 13.3. The van der Waals surface area contributed by atoms with Gasteiger partial charge in [-0.15, -0.1) is 0 Å². The Hall–Kier alpha value is -3.00. The molecule has 0 aliphatic heterocycles. The van der Waals surface area contributed by atoms with Crippen molar-refractivity contribution in [3.05, 3.63) is 65.1 Å². The van der Waals surface area contributed by atoms with Crippen molar-refractivity contribution in [1.82, 2.24) is 19.7 Å². The lowest BCUT2D eigenvalue weighted by molar-refractivity contribution is 0.595. The summed E-state index contributed by atoms with van der Waals surface area (Å²) in [6.45, 7) is 0.610. The highest BCUT2D eigenvalue weighted by molar-refractivity contribution is 5.57. The molecule has 0 atom stereocenters. The van der Waals surface area contributed by atoms with E-state index in [1.54, 1.807) is 12.4 Å². The molecule has 0 N–H and O–H groups in total. The quantitative estimate of drug-likeness (QED) is 0.744. The summed E-state index contributed by atoms with van der Waals surface area (Å²) in [6, 6.07) is 11.8. The van der Waals surface area contributed by atoms with Crippen molar-refractivity contribution in [1.29, 1.82) is 5.26 Å². The highest BCUT2D eigenvalue weighted by Gasteiger charge is 2.23. The van der Waals surface area contributed by atoms with Crippen LogP contribution in [0.3, 0.4) is 0 Å². The van der Waals surface area contributed by atoms with Gasteiger partial charge in [0, 0.05) is 23.7 Å². The van der Waals surface area contributed by atoms with Crippen LogP contribution in [0.1, 0.15) is 35.2 Å². The maximum absolute atomic E-state index is 9.32. The number of nitriles is 1. The Morgan fingerprint density at radius 1 is 1.04 bits per heavy atom. The van der Waals surface area contributed by atoms with Gasteiger partial charge in [0.2, 0.25) is 0 Å². The van der Waals surface area contributed by atoms with Crippen LogP contribution in [0, 0.1) is 11.3 Å². The van der Waals surface area contributed by atoms with E-state index in [2.05, 4.69) is 16.0 Å². The minimum absolute atomic E-state index is 0.610. The van der Waals surface area contributed by atoms with E-state index >= 15 is 0 Å². The smallest absolute Gasteiger partial charge is 0.180 e. The molecule has 5 nitrogen and oxygen atoms in total. The Kier molecular flexibility index (Phi) is 3.80.